The van der Waals surface area contributed by atoms with Crippen LogP contribution in [0.2, 0.25) is 10.0 Å². The molecule has 1 amide bonds. The minimum absolute atomic E-state index is 0.0172. The molecule has 0 fully saturated rings. The molecule has 0 aromatic heterocycles. The van der Waals surface area contributed by atoms with Gasteiger partial charge in [-0.3, -0.25) is 4.79 Å². The third-order valence-electron chi connectivity index (χ3n) is 5.10. The van der Waals surface area contributed by atoms with Gasteiger partial charge in [0.25, 0.3) is 5.91 Å². The average Bonchev–Trinajstić information content (AvgIpc) is 3.13. The van der Waals surface area contributed by atoms with Gasteiger partial charge in [0.15, 0.2) is 5.84 Å². The van der Waals surface area contributed by atoms with Crippen molar-refractivity contribution in [3.05, 3.63) is 58.1 Å². The molecule has 1 N–H and O–H groups in total. The number of carbonyl (C=O) groups is 1. The zero-order valence-electron chi connectivity index (χ0n) is 17.6. The molecule has 2 heterocycles. The van der Waals surface area contributed by atoms with Crippen LogP contribution in [0, 0.1) is 11.8 Å². The smallest absolute Gasteiger partial charge is 0.264 e. The molecule has 0 saturated carbocycles. The number of aliphatic hydroxyl groups is 1. The highest BCUT2D eigenvalue weighted by Crippen LogP contribution is 2.39. The number of nitrogens with zero attached hydrogens (tertiary/aromatic N) is 4. The summed E-state index contributed by atoms with van der Waals surface area (Å²) in [4.78, 5) is 22.0. The van der Waals surface area contributed by atoms with Crippen LogP contribution in [-0.2, 0) is 11.2 Å². The summed E-state index contributed by atoms with van der Waals surface area (Å²) < 4.78 is 5.38. The summed E-state index contributed by atoms with van der Waals surface area (Å²) in [5, 5.41) is 16.0. The Labute approximate surface area is 196 Å². The van der Waals surface area contributed by atoms with Crippen LogP contribution >= 0.6 is 23.2 Å². The van der Waals surface area contributed by atoms with Gasteiger partial charge in [0, 0.05) is 6.42 Å². The summed E-state index contributed by atoms with van der Waals surface area (Å²) >= 11 is 12.9. The Bertz CT molecular complexity index is 1110. The maximum absolute atomic E-state index is 13.0. The summed E-state index contributed by atoms with van der Waals surface area (Å²) in [5.74, 6) is 0.566. The zero-order chi connectivity index (χ0) is 22.8. The van der Waals surface area contributed by atoms with Crippen LogP contribution < -0.4 is 9.75 Å². The number of amidine groups is 2. The minimum atomic E-state index is -0.652. The second-order valence-electron chi connectivity index (χ2n) is 7.72. The van der Waals surface area contributed by atoms with E-state index in [0.717, 1.165) is 5.56 Å². The van der Waals surface area contributed by atoms with Gasteiger partial charge in [-0.25, -0.2) is 10.0 Å². The van der Waals surface area contributed by atoms with E-state index in [1.165, 1.54) is 0 Å². The lowest BCUT2D eigenvalue weighted by molar-refractivity contribution is -0.118. The molecule has 32 heavy (non-hydrogen) atoms. The average molecular weight is 473 g/mol. The second kappa shape index (κ2) is 9.40. The lowest BCUT2D eigenvalue weighted by atomic mass is 9.92. The number of amides is 1. The van der Waals surface area contributed by atoms with Gasteiger partial charge in [-0.1, -0.05) is 55.2 Å². The number of benzene rings is 2. The first-order valence-corrected chi connectivity index (χ1v) is 11.0. The molecule has 2 aromatic rings. The van der Waals surface area contributed by atoms with Crippen molar-refractivity contribution in [1.82, 2.24) is 0 Å². The SMILES string of the molecule is CC(C)C1=NN(c2c(Cl)cccc2Cl)C2=NC(Cc3ccc(OCCO)cc3)=NC(=O)C12. The summed E-state index contributed by atoms with van der Waals surface area (Å²) in [5.41, 5.74) is 2.09. The van der Waals surface area contributed by atoms with Crippen LogP contribution in [-0.4, -0.2) is 41.6 Å². The minimum Gasteiger partial charge on any atom is -0.491 e. The number of rotatable bonds is 7. The van der Waals surface area contributed by atoms with Gasteiger partial charge in [-0.15, -0.1) is 0 Å². The van der Waals surface area contributed by atoms with E-state index in [1.54, 1.807) is 35.3 Å². The van der Waals surface area contributed by atoms with Crippen molar-refractivity contribution < 1.29 is 14.6 Å². The molecule has 2 aliphatic heterocycles. The third-order valence-corrected chi connectivity index (χ3v) is 5.71. The molecule has 1 unspecified atom stereocenters. The van der Waals surface area contributed by atoms with Gasteiger partial charge >= 0.3 is 0 Å². The van der Waals surface area contributed by atoms with Crippen molar-refractivity contribution in [2.75, 3.05) is 18.2 Å². The highest BCUT2D eigenvalue weighted by atomic mass is 35.5. The topological polar surface area (TPSA) is 86.8 Å². The maximum Gasteiger partial charge on any atom is 0.264 e. The van der Waals surface area contributed by atoms with Crippen LogP contribution in [0.1, 0.15) is 19.4 Å². The summed E-state index contributed by atoms with van der Waals surface area (Å²) in [7, 11) is 0. The van der Waals surface area contributed by atoms with Crippen molar-refractivity contribution in [2.45, 2.75) is 20.3 Å². The lowest BCUT2D eigenvalue weighted by Crippen LogP contribution is -2.38. The Kier molecular flexibility index (Phi) is 6.60. The van der Waals surface area contributed by atoms with Crippen molar-refractivity contribution in [2.24, 2.45) is 26.9 Å². The predicted molar refractivity (Wildman–Crippen MR) is 127 cm³/mol. The Morgan fingerprint density at radius 1 is 1.09 bits per heavy atom. The van der Waals surface area contributed by atoms with Crippen LogP contribution in [0.3, 0.4) is 0 Å². The largest absolute Gasteiger partial charge is 0.491 e. The number of para-hydroxylation sites is 1. The normalized spacial score (nSPS) is 17.8. The number of hydrazone groups is 1. The number of ether oxygens (including phenoxy) is 1. The fourth-order valence-electron chi connectivity index (χ4n) is 3.61. The van der Waals surface area contributed by atoms with Crippen molar-refractivity contribution in [3.8, 4) is 5.75 Å². The fourth-order valence-corrected chi connectivity index (χ4v) is 4.17. The highest BCUT2D eigenvalue weighted by Gasteiger charge is 2.44. The van der Waals surface area contributed by atoms with E-state index >= 15 is 0 Å². The first-order valence-electron chi connectivity index (χ1n) is 10.2. The zero-order valence-corrected chi connectivity index (χ0v) is 19.1. The number of aliphatic hydroxyl groups excluding tert-OH is 1. The molecule has 2 aliphatic rings. The summed E-state index contributed by atoms with van der Waals surface area (Å²) in [6, 6.07) is 12.6. The van der Waals surface area contributed by atoms with E-state index in [4.69, 9.17) is 38.0 Å². The van der Waals surface area contributed by atoms with Gasteiger partial charge in [0.05, 0.1) is 22.4 Å². The molecule has 0 spiro atoms. The quantitative estimate of drug-likeness (QED) is 0.646. The van der Waals surface area contributed by atoms with Crippen LogP contribution in [0.4, 0.5) is 5.69 Å². The van der Waals surface area contributed by atoms with Gasteiger partial charge < -0.3 is 9.84 Å². The molecule has 0 bridgehead atoms. The molecule has 9 heteroatoms. The monoisotopic (exact) mass is 472 g/mol. The van der Waals surface area contributed by atoms with Gasteiger partial charge in [0.1, 0.15) is 29.8 Å². The van der Waals surface area contributed by atoms with Gasteiger partial charge in [-0.2, -0.15) is 10.1 Å². The maximum atomic E-state index is 13.0. The molecule has 7 nitrogen and oxygen atoms in total. The molecular weight excluding hydrogens is 451 g/mol. The first kappa shape index (κ1) is 22.5. The number of halogens is 2. The summed E-state index contributed by atoms with van der Waals surface area (Å²) in [6.45, 7) is 4.13. The van der Waals surface area contributed by atoms with E-state index in [-0.39, 0.29) is 25.0 Å². The first-order chi connectivity index (χ1) is 15.4. The van der Waals surface area contributed by atoms with E-state index in [1.807, 2.05) is 26.0 Å². The Balaban J connectivity index is 1.66. The van der Waals surface area contributed by atoms with E-state index in [2.05, 4.69) is 10.1 Å². The molecule has 0 aliphatic carbocycles. The lowest BCUT2D eigenvalue weighted by Gasteiger charge is -2.22. The standard InChI is InChI=1S/C23H22Cl2N4O3/c1-13(2)20-19-22(29(28-20)21-16(24)4-3-5-17(21)25)26-18(27-23(19)31)12-14-6-8-15(9-7-14)32-11-10-30/h3-9,13,19,30H,10-12H2,1-2H3. The van der Waals surface area contributed by atoms with Crippen molar-refractivity contribution in [3.63, 3.8) is 0 Å². The molecular formula is C23H22Cl2N4O3. The third kappa shape index (κ3) is 4.41. The number of hydrogen-bond donors (Lipinski definition) is 1. The highest BCUT2D eigenvalue weighted by molar-refractivity contribution is 6.42. The van der Waals surface area contributed by atoms with Gasteiger partial charge in [0.2, 0.25) is 0 Å². The number of carbonyl (C=O) groups excluding carboxylic acids is 1. The van der Waals surface area contributed by atoms with Crippen molar-refractivity contribution >= 4 is 52.2 Å². The molecule has 4 rings (SSSR count). The Morgan fingerprint density at radius 3 is 2.41 bits per heavy atom. The Morgan fingerprint density at radius 2 is 1.78 bits per heavy atom. The Hall–Kier alpha value is -2.74. The molecule has 2 aromatic carbocycles. The molecule has 1 atom stereocenters. The van der Waals surface area contributed by atoms with Gasteiger partial charge in [-0.05, 0) is 35.7 Å². The van der Waals surface area contributed by atoms with E-state index in [9.17, 15) is 4.79 Å². The number of hydrogen-bond acceptors (Lipinski definition) is 6. The van der Waals surface area contributed by atoms with E-state index < -0.39 is 5.92 Å². The van der Waals surface area contributed by atoms with Crippen molar-refractivity contribution in [1.29, 1.82) is 0 Å². The fraction of sp³-hybridized carbons (Fsp3) is 0.304. The number of fused-ring (bicyclic) bond motifs is 1. The van der Waals surface area contributed by atoms with E-state index in [0.29, 0.717) is 45.3 Å². The molecule has 0 saturated heterocycles. The number of aliphatic imine (C=N–C) groups is 2. The summed E-state index contributed by atoms with van der Waals surface area (Å²) in [6.07, 6.45) is 0.364. The molecule has 0 radical (unpaired) electrons. The predicted octanol–water partition coefficient (Wildman–Crippen LogP) is 4.39. The second-order valence-corrected chi connectivity index (χ2v) is 8.54. The van der Waals surface area contributed by atoms with Crippen LogP contribution in [0.25, 0.3) is 0 Å². The van der Waals surface area contributed by atoms with Crippen LogP contribution in [0.5, 0.6) is 5.75 Å². The number of anilines is 1. The molecule has 166 valence electrons. The van der Waals surface area contributed by atoms with Crippen LogP contribution in [0.15, 0.2) is 57.6 Å².